The highest BCUT2D eigenvalue weighted by atomic mass is 16.6. The second kappa shape index (κ2) is 6.74. The Hall–Kier alpha value is -2.83. The maximum absolute atomic E-state index is 12.6. The number of hydrogen-bond acceptors (Lipinski definition) is 7. The average Bonchev–Trinajstić information content (AvgIpc) is 2.56. The summed E-state index contributed by atoms with van der Waals surface area (Å²) >= 11 is 0. The number of fused-ring (bicyclic) bond motifs is 1. The Morgan fingerprint density at radius 3 is 2.38 bits per heavy atom. The average molecular weight is 334 g/mol. The van der Waals surface area contributed by atoms with Crippen molar-refractivity contribution in [1.82, 2.24) is 0 Å². The predicted molar refractivity (Wildman–Crippen MR) is 83.7 cm³/mol. The SMILES string of the molecule is CCOC(=O)C1(OC(C)=O)C(=O)C=Cc2cc(OC)cc(OC)c21. The first-order valence-electron chi connectivity index (χ1n) is 7.26. The second-order valence-corrected chi connectivity index (χ2v) is 4.99. The van der Waals surface area contributed by atoms with E-state index in [1.165, 1.54) is 32.4 Å². The molecule has 0 amide bonds. The smallest absolute Gasteiger partial charge is 0.363 e. The summed E-state index contributed by atoms with van der Waals surface area (Å²) in [4.78, 5) is 36.8. The first kappa shape index (κ1) is 17.5. The molecule has 7 heteroatoms. The van der Waals surface area contributed by atoms with Crippen molar-refractivity contribution in [2.45, 2.75) is 19.4 Å². The van der Waals surface area contributed by atoms with E-state index in [0.29, 0.717) is 11.3 Å². The molecular formula is C17H18O7. The van der Waals surface area contributed by atoms with E-state index < -0.39 is 23.3 Å². The molecule has 0 fully saturated rings. The van der Waals surface area contributed by atoms with Gasteiger partial charge in [0, 0.05) is 13.0 Å². The third kappa shape index (κ3) is 2.73. The first-order chi connectivity index (χ1) is 11.4. The van der Waals surface area contributed by atoms with Gasteiger partial charge in [-0.2, -0.15) is 0 Å². The van der Waals surface area contributed by atoms with E-state index in [-0.39, 0.29) is 17.9 Å². The zero-order chi connectivity index (χ0) is 17.9. The van der Waals surface area contributed by atoms with Crippen LogP contribution in [0.15, 0.2) is 18.2 Å². The Balaban J connectivity index is 2.81. The molecule has 1 unspecified atom stereocenters. The summed E-state index contributed by atoms with van der Waals surface area (Å²) in [6.07, 6.45) is 2.67. The standard InChI is InChI=1S/C17H18O7/c1-5-23-16(20)17(24-10(2)18)14(19)7-6-11-8-12(21-3)9-13(22-4)15(11)17/h6-9H,5H2,1-4H3. The molecule has 0 radical (unpaired) electrons. The normalized spacial score (nSPS) is 18.6. The van der Waals surface area contributed by atoms with Gasteiger partial charge in [0.05, 0.1) is 26.4 Å². The molecule has 128 valence electrons. The third-order valence-electron chi connectivity index (χ3n) is 3.53. The van der Waals surface area contributed by atoms with Crippen molar-refractivity contribution in [3.63, 3.8) is 0 Å². The van der Waals surface area contributed by atoms with Gasteiger partial charge in [-0.25, -0.2) is 4.79 Å². The molecule has 0 aromatic heterocycles. The van der Waals surface area contributed by atoms with Gasteiger partial charge in [0.15, 0.2) is 0 Å². The second-order valence-electron chi connectivity index (χ2n) is 4.99. The molecule has 1 aliphatic carbocycles. The molecule has 0 saturated heterocycles. The Labute approximate surface area is 139 Å². The number of esters is 2. The molecule has 0 heterocycles. The van der Waals surface area contributed by atoms with E-state index >= 15 is 0 Å². The minimum atomic E-state index is -2.23. The zero-order valence-electron chi connectivity index (χ0n) is 13.9. The monoisotopic (exact) mass is 334 g/mol. The Morgan fingerprint density at radius 2 is 1.83 bits per heavy atom. The van der Waals surface area contributed by atoms with Crippen molar-refractivity contribution in [3.05, 3.63) is 29.3 Å². The molecule has 0 spiro atoms. The molecule has 0 N–H and O–H groups in total. The number of benzene rings is 1. The topological polar surface area (TPSA) is 88.1 Å². The van der Waals surface area contributed by atoms with E-state index in [1.54, 1.807) is 13.0 Å². The Bertz CT molecular complexity index is 720. The van der Waals surface area contributed by atoms with E-state index in [1.807, 2.05) is 0 Å². The summed E-state index contributed by atoms with van der Waals surface area (Å²) in [7, 11) is 2.85. The van der Waals surface area contributed by atoms with Crippen molar-refractivity contribution < 1.29 is 33.3 Å². The molecule has 2 rings (SSSR count). The van der Waals surface area contributed by atoms with Gasteiger partial charge >= 0.3 is 11.9 Å². The fourth-order valence-electron chi connectivity index (χ4n) is 2.60. The highest BCUT2D eigenvalue weighted by Crippen LogP contribution is 2.43. The largest absolute Gasteiger partial charge is 0.497 e. The van der Waals surface area contributed by atoms with Gasteiger partial charge in [0.25, 0.3) is 5.60 Å². The van der Waals surface area contributed by atoms with Crippen LogP contribution in [0.4, 0.5) is 0 Å². The maximum Gasteiger partial charge on any atom is 0.363 e. The molecule has 0 aliphatic heterocycles. The Kier molecular flexibility index (Phi) is 4.92. The fourth-order valence-corrected chi connectivity index (χ4v) is 2.60. The van der Waals surface area contributed by atoms with Gasteiger partial charge in [-0.05, 0) is 24.6 Å². The lowest BCUT2D eigenvalue weighted by atomic mass is 9.80. The zero-order valence-corrected chi connectivity index (χ0v) is 13.9. The van der Waals surface area contributed by atoms with Gasteiger partial charge < -0.3 is 18.9 Å². The van der Waals surface area contributed by atoms with Crippen LogP contribution in [0.2, 0.25) is 0 Å². The predicted octanol–water partition coefficient (Wildman–Crippen LogP) is 1.62. The van der Waals surface area contributed by atoms with Gasteiger partial charge in [0.2, 0.25) is 5.78 Å². The summed E-state index contributed by atoms with van der Waals surface area (Å²) in [5, 5.41) is 0. The van der Waals surface area contributed by atoms with Crippen LogP contribution in [-0.4, -0.2) is 38.5 Å². The van der Waals surface area contributed by atoms with Crippen molar-refractivity contribution >= 4 is 23.8 Å². The molecule has 1 aliphatic rings. The van der Waals surface area contributed by atoms with Crippen molar-refractivity contribution in [2.75, 3.05) is 20.8 Å². The minimum Gasteiger partial charge on any atom is -0.497 e. The van der Waals surface area contributed by atoms with Gasteiger partial charge in [-0.15, -0.1) is 0 Å². The number of rotatable bonds is 5. The molecule has 1 aromatic carbocycles. The van der Waals surface area contributed by atoms with Crippen LogP contribution in [0.3, 0.4) is 0 Å². The van der Waals surface area contributed by atoms with Crippen LogP contribution >= 0.6 is 0 Å². The lowest BCUT2D eigenvalue weighted by Gasteiger charge is -2.33. The number of methoxy groups -OCH3 is 2. The summed E-state index contributed by atoms with van der Waals surface area (Å²) in [6, 6.07) is 3.11. The van der Waals surface area contributed by atoms with Crippen LogP contribution in [0.5, 0.6) is 11.5 Å². The molecule has 1 aromatic rings. The summed E-state index contributed by atoms with van der Waals surface area (Å²) < 4.78 is 20.7. The van der Waals surface area contributed by atoms with Gasteiger partial charge in [0.1, 0.15) is 11.5 Å². The van der Waals surface area contributed by atoms with Crippen LogP contribution in [-0.2, 0) is 29.5 Å². The Morgan fingerprint density at radius 1 is 1.12 bits per heavy atom. The van der Waals surface area contributed by atoms with Crippen LogP contribution in [0.1, 0.15) is 25.0 Å². The van der Waals surface area contributed by atoms with E-state index in [0.717, 1.165) is 6.92 Å². The number of carbonyl (C=O) groups excluding carboxylic acids is 3. The summed E-state index contributed by atoms with van der Waals surface area (Å²) in [6.45, 7) is 2.73. The highest BCUT2D eigenvalue weighted by molar-refractivity contribution is 6.18. The lowest BCUT2D eigenvalue weighted by molar-refractivity contribution is -0.185. The van der Waals surface area contributed by atoms with E-state index in [9.17, 15) is 14.4 Å². The van der Waals surface area contributed by atoms with Crippen molar-refractivity contribution in [2.24, 2.45) is 0 Å². The summed E-state index contributed by atoms with van der Waals surface area (Å²) in [5.74, 6) is -1.84. The minimum absolute atomic E-state index is 0.0205. The van der Waals surface area contributed by atoms with E-state index in [2.05, 4.69) is 0 Å². The molecule has 0 saturated carbocycles. The molecule has 24 heavy (non-hydrogen) atoms. The molecule has 1 atom stereocenters. The van der Waals surface area contributed by atoms with Crippen LogP contribution in [0, 0.1) is 0 Å². The van der Waals surface area contributed by atoms with Crippen molar-refractivity contribution in [3.8, 4) is 11.5 Å². The van der Waals surface area contributed by atoms with Crippen molar-refractivity contribution in [1.29, 1.82) is 0 Å². The van der Waals surface area contributed by atoms with E-state index in [4.69, 9.17) is 18.9 Å². The molecule has 7 nitrogen and oxygen atoms in total. The number of hydrogen-bond donors (Lipinski definition) is 0. The van der Waals surface area contributed by atoms with Gasteiger partial charge in [-0.1, -0.05) is 6.08 Å². The van der Waals surface area contributed by atoms with Gasteiger partial charge in [-0.3, -0.25) is 9.59 Å². The maximum atomic E-state index is 12.6. The summed E-state index contributed by atoms with van der Waals surface area (Å²) in [5.41, 5.74) is -1.66. The molecular weight excluding hydrogens is 316 g/mol. The number of ether oxygens (including phenoxy) is 4. The highest BCUT2D eigenvalue weighted by Gasteiger charge is 2.55. The lowest BCUT2D eigenvalue weighted by Crippen LogP contribution is -2.49. The number of carbonyl (C=O) groups is 3. The number of ketones is 1. The quantitative estimate of drug-likeness (QED) is 0.597. The fraction of sp³-hybridized carbons (Fsp3) is 0.353. The van der Waals surface area contributed by atoms with Crippen LogP contribution in [0.25, 0.3) is 6.08 Å². The van der Waals surface area contributed by atoms with Crippen LogP contribution < -0.4 is 9.47 Å². The first-order valence-corrected chi connectivity index (χ1v) is 7.26. The molecule has 0 bridgehead atoms. The third-order valence-corrected chi connectivity index (χ3v) is 3.53.